The second kappa shape index (κ2) is 5.68. The molecule has 2 heteroatoms. The van der Waals surface area contributed by atoms with Crippen LogP contribution in [0.25, 0.3) is 32.3 Å². The van der Waals surface area contributed by atoms with Gasteiger partial charge in [0.2, 0.25) is 0 Å². The molecule has 108 valence electrons. The van der Waals surface area contributed by atoms with Crippen molar-refractivity contribution in [3.8, 4) is 0 Å². The van der Waals surface area contributed by atoms with Crippen molar-refractivity contribution in [3.63, 3.8) is 0 Å². The van der Waals surface area contributed by atoms with Crippen LogP contribution in [0.5, 0.6) is 0 Å². The first-order chi connectivity index (χ1) is 10.8. The number of alkyl halides is 2. The van der Waals surface area contributed by atoms with Crippen LogP contribution in [0.4, 0.5) is 0 Å². The lowest BCUT2D eigenvalue weighted by molar-refractivity contribution is 1.32. The molecule has 0 unspecified atom stereocenters. The monoisotopic (exact) mass is 412 g/mol. The van der Waals surface area contributed by atoms with E-state index < -0.39 is 0 Å². The largest absolute Gasteiger partial charge is 0.0876 e. The predicted molar refractivity (Wildman–Crippen MR) is 104 cm³/mol. The van der Waals surface area contributed by atoms with E-state index >= 15 is 0 Å². The number of rotatable bonds is 2. The van der Waals surface area contributed by atoms with Crippen LogP contribution in [0.15, 0.2) is 60.7 Å². The summed E-state index contributed by atoms with van der Waals surface area (Å²) >= 11 is 7.21. The van der Waals surface area contributed by atoms with Gasteiger partial charge in [-0.25, -0.2) is 0 Å². The number of fused-ring (bicyclic) bond motifs is 4. The third kappa shape index (κ3) is 2.26. The molecule has 0 bridgehead atoms. The summed E-state index contributed by atoms with van der Waals surface area (Å²) in [6.07, 6.45) is 0. The smallest absolute Gasteiger partial charge is 0.0286 e. The zero-order valence-electron chi connectivity index (χ0n) is 11.9. The van der Waals surface area contributed by atoms with Crippen molar-refractivity contribution in [1.82, 2.24) is 0 Å². The van der Waals surface area contributed by atoms with Crippen molar-refractivity contribution in [1.29, 1.82) is 0 Å². The molecule has 0 saturated heterocycles. The zero-order chi connectivity index (χ0) is 15.1. The molecule has 4 aromatic carbocycles. The number of hydrogen-bond acceptors (Lipinski definition) is 0. The van der Waals surface area contributed by atoms with E-state index in [-0.39, 0.29) is 0 Å². The molecule has 0 heterocycles. The highest BCUT2D eigenvalue weighted by Crippen LogP contribution is 2.32. The standard InChI is InChI=1S/C20H14Br2/c21-11-17-8-16-6-5-15-7-13-3-1-2-4-14(13)9-19(15)20(16)10-18(17)12-22/h1-10H,11-12H2. The first-order valence-corrected chi connectivity index (χ1v) is 9.53. The topological polar surface area (TPSA) is 0 Å². The summed E-state index contributed by atoms with van der Waals surface area (Å²) in [6.45, 7) is 0. The van der Waals surface area contributed by atoms with Gasteiger partial charge in [-0.3, -0.25) is 0 Å². The van der Waals surface area contributed by atoms with Crippen molar-refractivity contribution in [3.05, 3.63) is 71.8 Å². The second-order valence-electron chi connectivity index (χ2n) is 5.60. The van der Waals surface area contributed by atoms with Crippen LogP contribution >= 0.6 is 31.9 Å². The lowest BCUT2D eigenvalue weighted by atomic mass is 9.95. The summed E-state index contributed by atoms with van der Waals surface area (Å²) < 4.78 is 0. The fraction of sp³-hybridized carbons (Fsp3) is 0.100. The summed E-state index contributed by atoms with van der Waals surface area (Å²) in [5.74, 6) is 0. The van der Waals surface area contributed by atoms with Crippen LogP contribution in [0, 0.1) is 0 Å². The molecular formula is C20H14Br2. The van der Waals surface area contributed by atoms with Gasteiger partial charge in [-0.1, -0.05) is 68.3 Å². The molecule has 0 aromatic heterocycles. The molecule has 0 radical (unpaired) electrons. The molecule has 0 saturated carbocycles. The normalized spacial score (nSPS) is 11.5. The molecule has 0 aliphatic rings. The van der Waals surface area contributed by atoms with Gasteiger partial charge in [-0.05, 0) is 67.7 Å². The second-order valence-corrected chi connectivity index (χ2v) is 6.72. The Hall–Kier alpha value is -1.38. The summed E-state index contributed by atoms with van der Waals surface area (Å²) in [5, 5.41) is 9.65. The van der Waals surface area contributed by atoms with Gasteiger partial charge in [0.15, 0.2) is 0 Å². The van der Waals surface area contributed by atoms with Crippen molar-refractivity contribution in [2.45, 2.75) is 10.7 Å². The van der Waals surface area contributed by atoms with Gasteiger partial charge in [-0.2, -0.15) is 0 Å². The average molecular weight is 414 g/mol. The van der Waals surface area contributed by atoms with E-state index in [1.54, 1.807) is 0 Å². The highest BCUT2D eigenvalue weighted by molar-refractivity contribution is 9.09. The maximum absolute atomic E-state index is 3.62. The van der Waals surface area contributed by atoms with Gasteiger partial charge in [0.1, 0.15) is 0 Å². The van der Waals surface area contributed by atoms with Crippen LogP contribution in [0.3, 0.4) is 0 Å². The average Bonchev–Trinajstić information content (AvgIpc) is 2.58. The Bertz CT molecular complexity index is 1000. The molecule has 0 nitrogen and oxygen atoms in total. The Morgan fingerprint density at radius 3 is 1.77 bits per heavy atom. The molecule has 0 atom stereocenters. The van der Waals surface area contributed by atoms with Gasteiger partial charge >= 0.3 is 0 Å². The molecule has 22 heavy (non-hydrogen) atoms. The quantitative estimate of drug-likeness (QED) is 0.190. The summed E-state index contributed by atoms with van der Waals surface area (Å²) in [4.78, 5) is 0. The number of hydrogen-bond donors (Lipinski definition) is 0. The third-order valence-electron chi connectivity index (χ3n) is 4.31. The van der Waals surface area contributed by atoms with Crippen LogP contribution in [-0.4, -0.2) is 0 Å². The molecule has 4 aromatic rings. The fourth-order valence-electron chi connectivity index (χ4n) is 3.14. The minimum atomic E-state index is 0.883. The van der Waals surface area contributed by atoms with Crippen LogP contribution in [0.1, 0.15) is 11.1 Å². The van der Waals surface area contributed by atoms with Crippen molar-refractivity contribution < 1.29 is 0 Å². The molecule has 4 rings (SSSR count). The summed E-state index contributed by atoms with van der Waals surface area (Å²) in [5.41, 5.74) is 2.70. The van der Waals surface area contributed by atoms with Gasteiger partial charge in [0.05, 0.1) is 0 Å². The Morgan fingerprint density at radius 2 is 1.09 bits per heavy atom. The Balaban J connectivity index is 2.14. The van der Waals surface area contributed by atoms with Crippen molar-refractivity contribution in [2.24, 2.45) is 0 Å². The predicted octanol–water partition coefficient (Wildman–Crippen LogP) is 6.94. The molecule has 0 aliphatic heterocycles. The molecular weight excluding hydrogens is 400 g/mol. The minimum Gasteiger partial charge on any atom is -0.0876 e. The van der Waals surface area contributed by atoms with Crippen LogP contribution in [-0.2, 0) is 10.7 Å². The van der Waals surface area contributed by atoms with Gasteiger partial charge in [0.25, 0.3) is 0 Å². The number of halogens is 2. The Labute approximate surface area is 146 Å². The highest BCUT2D eigenvalue weighted by Gasteiger charge is 2.07. The zero-order valence-corrected chi connectivity index (χ0v) is 15.1. The van der Waals surface area contributed by atoms with E-state index in [1.165, 1.54) is 43.4 Å². The summed E-state index contributed by atoms with van der Waals surface area (Å²) in [6, 6.07) is 22.3. The Kier molecular flexibility index (Phi) is 3.67. The van der Waals surface area contributed by atoms with Gasteiger partial charge in [0, 0.05) is 10.7 Å². The first-order valence-electron chi connectivity index (χ1n) is 7.29. The van der Waals surface area contributed by atoms with E-state index in [1.807, 2.05) is 0 Å². The van der Waals surface area contributed by atoms with E-state index in [4.69, 9.17) is 0 Å². The highest BCUT2D eigenvalue weighted by atomic mass is 79.9. The van der Waals surface area contributed by atoms with E-state index in [0.717, 1.165) is 10.7 Å². The maximum atomic E-state index is 3.62. The van der Waals surface area contributed by atoms with E-state index in [0.29, 0.717) is 0 Å². The lowest BCUT2D eigenvalue weighted by Crippen LogP contribution is -1.89. The lowest BCUT2D eigenvalue weighted by Gasteiger charge is -2.11. The molecule has 0 fully saturated rings. The minimum absolute atomic E-state index is 0.883. The third-order valence-corrected chi connectivity index (χ3v) is 5.52. The molecule has 0 N–H and O–H groups in total. The summed E-state index contributed by atoms with van der Waals surface area (Å²) in [7, 11) is 0. The van der Waals surface area contributed by atoms with Crippen molar-refractivity contribution in [2.75, 3.05) is 0 Å². The van der Waals surface area contributed by atoms with Crippen molar-refractivity contribution >= 4 is 64.2 Å². The Morgan fingerprint density at radius 1 is 0.545 bits per heavy atom. The van der Waals surface area contributed by atoms with Crippen LogP contribution < -0.4 is 0 Å². The molecule has 0 spiro atoms. The molecule has 0 aliphatic carbocycles. The van der Waals surface area contributed by atoms with Gasteiger partial charge in [-0.15, -0.1) is 0 Å². The van der Waals surface area contributed by atoms with E-state index in [9.17, 15) is 0 Å². The SMILES string of the molecule is BrCc1cc2ccc3cc4ccccc4cc3c2cc1CBr. The maximum Gasteiger partial charge on any atom is 0.0286 e. The number of benzene rings is 4. The van der Waals surface area contributed by atoms with E-state index in [2.05, 4.69) is 92.5 Å². The molecule has 0 amide bonds. The fourth-order valence-corrected chi connectivity index (χ4v) is 4.18. The van der Waals surface area contributed by atoms with Gasteiger partial charge < -0.3 is 0 Å². The van der Waals surface area contributed by atoms with Crippen LogP contribution in [0.2, 0.25) is 0 Å². The first kappa shape index (κ1) is 14.2.